The lowest BCUT2D eigenvalue weighted by Gasteiger charge is -2.40. The number of anilines is 1. The Kier molecular flexibility index (Phi) is 5.71. The molecule has 0 bridgehead atoms. The Labute approximate surface area is 175 Å². The summed E-state index contributed by atoms with van der Waals surface area (Å²) in [7, 11) is -3.60. The Morgan fingerprint density at radius 3 is 2.48 bits per heavy atom. The summed E-state index contributed by atoms with van der Waals surface area (Å²) in [6.07, 6.45) is 2.35. The van der Waals surface area contributed by atoms with Crippen LogP contribution in [0.5, 0.6) is 0 Å². The van der Waals surface area contributed by atoms with Crippen LogP contribution in [0.15, 0.2) is 53.4 Å². The predicted octanol–water partition coefficient (Wildman–Crippen LogP) is 5.06. The molecule has 29 heavy (non-hydrogen) atoms. The largest absolute Gasteiger partial charge is 0.303 e. The fourth-order valence-electron chi connectivity index (χ4n) is 5.00. The molecule has 4 rings (SSSR count). The second kappa shape index (κ2) is 8.11. The average molecular weight is 413 g/mol. The SMILES string of the molecule is CCCN1CC2CC(c3ccccc3NS(=O)(=O)c3ccc(C(C)C)cc3)C2C1. The zero-order valence-electron chi connectivity index (χ0n) is 17.6. The molecule has 1 aliphatic heterocycles. The number of likely N-dealkylation sites (tertiary alicyclic amines) is 1. The van der Waals surface area contributed by atoms with Crippen LogP contribution in [-0.2, 0) is 10.0 Å². The lowest BCUT2D eigenvalue weighted by Crippen LogP contribution is -2.34. The summed E-state index contributed by atoms with van der Waals surface area (Å²) in [5.41, 5.74) is 3.02. The molecule has 2 fully saturated rings. The maximum Gasteiger partial charge on any atom is 0.261 e. The number of benzene rings is 2. The van der Waals surface area contributed by atoms with Crippen molar-refractivity contribution >= 4 is 15.7 Å². The molecule has 0 radical (unpaired) electrons. The van der Waals surface area contributed by atoms with Gasteiger partial charge in [-0.3, -0.25) is 4.72 Å². The summed E-state index contributed by atoms with van der Waals surface area (Å²) in [6.45, 7) is 9.95. The fraction of sp³-hybridized carbons (Fsp3) is 0.500. The van der Waals surface area contributed by atoms with Crippen LogP contribution in [0.1, 0.15) is 56.6 Å². The van der Waals surface area contributed by atoms with Gasteiger partial charge in [0.1, 0.15) is 0 Å². The van der Waals surface area contributed by atoms with E-state index in [-0.39, 0.29) is 0 Å². The number of rotatable bonds is 7. The molecule has 5 heteroatoms. The Morgan fingerprint density at radius 2 is 1.79 bits per heavy atom. The maximum absolute atomic E-state index is 13.0. The molecule has 1 saturated heterocycles. The minimum absolute atomic E-state index is 0.318. The number of sulfonamides is 1. The van der Waals surface area contributed by atoms with Crippen LogP contribution >= 0.6 is 0 Å². The van der Waals surface area contributed by atoms with Crippen LogP contribution in [0.2, 0.25) is 0 Å². The molecule has 2 aromatic carbocycles. The predicted molar refractivity (Wildman–Crippen MR) is 119 cm³/mol. The molecule has 156 valence electrons. The highest BCUT2D eigenvalue weighted by molar-refractivity contribution is 7.92. The van der Waals surface area contributed by atoms with Gasteiger partial charge in [-0.05, 0) is 72.4 Å². The van der Waals surface area contributed by atoms with Gasteiger partial charge in [-0.25, -0.2) is 8.42 Å². The highest BCUT2D eigenvalue weighted by Crippen LogP contribution is 2.52. The van der Waals surface area contributed by atoms with Crippen molar-refractivity contribution in [2.24, 2.45) is 11.8 Å². The maximum atomic E-state index is 13.0. The first-order chi connectivity index (χ1) is 13.9. The Balaban J connectivity index is 1.53. The van der Waals surface area contributed by atoms with Crippen molar-refractivity contribution in [1.29, 1.82) is 0 Å². The Hall–Kier alpha value is -1.85. The summed E-state index contributed by atoms with van der Waals surface area (Å²) in [4.78, 5) is 2.89. The zero-order valence-corrected chi connectivity index (χ0v) is 18.5. The van der Waals surface area contributed by atoms with Gasteiger partial charge in [-0.1, -0.05) is 51.1 Å². The second-order valence-electron chi connectivity index (χ2n) is 8.94. The van der Waals surface area contributed by atoms with Gasteiger partial charge in [0, 0.05) is 13.1 Å². The third kappa shape index (κ3) is 4.08. The van der Waals surface area contributed by atoms with Gasteiger partial charge in [0.2, 0.25) is 0 Å². The third-order valence-corrected chi connectivity index (χ3v) is 8.02. The normalized spacial score (nSPS) is 24.3. The fourth-order valence-corrected chi connectivity index (χ4v) is 6.09. The van der Waals surface area contributed by atoms with Crippen molar-refractivity contribution in [2.45, 2.75) is 50.3 Å². The first-order valence-corrected chi connectivity index (χ1v) is 12.3. The van der Waals surface area contributed by atoms with Crippen molar-refractivity contribution in [1.82, 2.24) is 4.90 Å². The summed E-state index contributed by atoms with van der Waals surface area (Å²) in [6, 6.07) is 15.2. The van der Waals surface area contributed by atoms with Crippen LogP contribution in [-0.4, -0.2) is 33.0 Å². The van der Waals surface area contributed by atoms with E-state index in [2.05, 4.69) is 36.5 Å². The Morgan fingerprint density at radius 1 is 1.07 bits per heavy atom. The highest BCUT2D eigenvalue weighted by atomic mass is 32.2. The van der Waals surface area contributed by atoms with Crippen molar-refractivity contribution in [3.8, 4) is 0 Å². The van der Waals surface area contributed by atoms with Gasteiger partial charge < -0.3 is 4.90 Å². The number of para-hydroxylation sites is 1. The van der Waals surface area contributed by atoms with E-state index in [1.54, 1.807) is 12.1 Å². The monoisotopic (exact) mass is 412 g/mol. The highest BCUT2D eigenvalue weighted by Gasteiger charge is 2.47. The minimum atomic E-state index is -3.60. The van der Waals surface area contributed by atoms with E-state index in [9.17, 15) is 8.42 Å². The summed E-state index contributed by atoms with van der Waals surface area (Å²) in [5.74, 6) is 2.24. The molecule has 3 atom stereocenters. The van der Waals surface area contributed by atoms with Crippen LogP contribution < -0.4 is 4.72 Å². The van der Waals surface area contributed by atoms with E-state index in [1.165, 1.54) is 19.5 Å². The zero-order chi connectivity index (χ0) is 20.6. The molecule has 0 amide bonds. The summed E-state index contributed by atoms with van der Waals surface area (Å²) < 4.78 is 28.9. The van der Waals surface area contributed by atoms with E-state index in [0.29, 0.717) is 22.6 Å². The number of hydrogen-bond acceptors (Lipinski definition) is 3. The second-order valence-corrected chi connectivity index (χ2v) is 10.6. The first kappa shape index (κ1) is 20.4. The molecule has 2 aliphatic rings. The molecule has 3 unspecified atom stereocenters. The molecule has 1 N–H and O–H groups in total. The van der Waals surface area contributed by atoms with Crippen molar-refractivity contribution < 1.29 is 8.42 Å². The van der Waals surface area contributed by atoms with Gasteiger partial charge in [0.05, 0.1) is 10.6 Å². The molecule has 4 nitrogen and oxygen atoms in total. The molecule has 1 saturated carbocycles. The minimum Gasteiger partial charge on any atom is -0.303 e. The van der Waals surface area contributed by atoms with Crippen molar-refractivity contribution in [3.05, 3.63) is 59.7 Å². The van der Waals surface area contributed by atoms with E-state index in [1.807, 2.05) is 30.3 Å². The van der Waals surface area contributed by atoms with Gasteiger partial charge >= 0.3 is 0 Å². The van der Waals surface area contributed by atoms with E-state index in [0.717, 1.165) is 35.7 Å². The average Bonchev–Trinajstić information content (AvgIpc) is 2.99. The van der Waals surface area contributed by atoms with E-state index in [4.69, 9.17) is 0 Å². The molecular weight excluding hydrogens is 380 g/mol. The van der Waals surface area contributed by atoms with Crippen LogP contribution in [0.25, 0.3) is 0 Å². The third-order valence-electron chi connectivity index (χ3n) is 6.64. The van der Waals surface area contributed by atoms with Crippen molar-refractivity contribution in [3.63, 3.8) is 0 Å². The molecule has 0 aromatic heterocycles. The molecular formula is C24H32N2O2S. The van der Waals surface area contributed by atoms with Gasteiger partial charge in [-0.2, -0.15) is 0 Å². The van der Waals surface area contributed by atoms with Crippen molar-refractivity contribution in [2.75, 3.05) is 24.4 Å². The van der Waals surface area contributed by atoms with Crippen LogP contribution in [0.4, 0.5) is 5.69 Å². The lowest BCUT2D eigenvalue weighted by atomic mass is 9.64. The lowest BCUT2D eigenvalue weighted by molar-refractivity contribution is 0.191. The smallest absolute Gasteiger partial charge is 0.261 e. The van der Waals surface area contributed by atoms with Gasteiger partial charge in [0.25, 0.3) is 10.0 Å². The number of fused-ring (bicyclic) bond motifs is 1. The number of hydrogen-bond donors (Lipinski definition) is 1. The van der Waals surface area contributed by atoms with E-state index >= 15 is 0 Å². The molecule has 1 heterocycles. The first-order valence-electron chi connectivity index (χ1n) is 10.8. The molecule has 2 aromatic rings. The van der Waals surface area contributed by atoms with E-state index < -0.39 is 10.0 Å². The van der Waals surface area contributed by atoms with Crippen LogP contribution in [0.3, 0.4) is 0 Å². The van der Waals surface area contributed by atoms with Gasteiger partial charge in [-0.15, -0.1) is 0 Å². The van der Waals surface area contributed by atoms with Gasteiger partial charge in [0.15, 0.2) is 0 Å². The number of nitrogens with one attached hydrogen (secondary N) is 1. The topological polar surface area (TPSA) is 49.4 Å². The molecule has 0 spiro atoms. The number of nitrogens with zero attached hydrogens (tertiary/aromatic N) is 1. The Bertz CT molecular complexity index is 953. The summed E-state index contributed by atoms with van der Waals surface area (Å²) >= 11 is 0. The quantitative estimate of drug-likeness (QED) is 0.692. The van der Waals surface area contributed by atoms with Crippen LogP contribution in [0, 0.1) is 11.8 Å². The summed E-state index contributed by atoms with van der Waals surface area (Å²) in [5, 5.41) is 0. The molecule has 1 aliphatic carbocycles. The standard InChI is InChI=1S/C24H32N2O2S/c1-4-13-26-15-19-14-22(23(19)16-26)21-7-5-6-8-24(21)25-29(27,28)20-11-9-18(10-12-20)17(2)3/h5-12,17,19,22-23,25H,4,13-16H2,1-3H3.